The van der Waals surface area contributed by atoms with Gasteiger partial charge in [-0.1, -0.05) is 0 Å². The van der Waals surface area contributed by atoms with Gasteiger partial charge in [0.1, 0.15) is 17.5 Å². The van der Waals surface area contributed by atoms with E-state index < -0.39 is 47.4 Å². The average Bonchev–Trinajstić information content (AvgIpc) is 2.42. The van der Waals surface area contributed by atoms with E-state index in [0.717, 1.165) is 0 Å². The normalized spacial score (nSPS) is 13.1. The van der Waals surface area contributed by atoms with Crippen LogP contribution in [0.5, 0.6) is 0 Å². The van der Waals surface area contributed by atoms with Crippen molar-refractivity contribution >= 4 is 6.09 Å². The van der Waals surface area contributed by atoms with Crippen molar-refractivity contribution in [3.05, 3.63) is 52.1 Å². The van der Waals surface area contributed by atoms with Gasteiger partial charge in [0.05, 0.1) is 0 Å². The molecule has 1 amide bonds. The average molecular weight is 344 g/mol. The lowest BCUT2D eigenvalue weighted by molar-refractivity contribution is 0.0501. The predicted molar refractivity (Wildman–Crippen MR) is 79.0 cm³/mol. The quantitative estimate of drug-likeness (QED) is 0.494. The van der Waals surface area contributed by atoms with Gasteiger partial charge in [-0.25, -0.2) is 18.0 Å². The number of aliphatic hydroxyl groups excluding tert-OH is 1. The van der Waals surface area contributed by atoms with Crippen LogP contribution in [-0.4, -0.2) is 22.8 Å². The molecule has 0 saturated carbocycles. The maximum absolute atomic E-state index is 13.7. The third-order valence-electron chi connectivity index (χ3n) is 2.75. The molecular weight excluding hydrogens is 327 g/mol. The highest BCUT2D eigenvalue weighted by molar-refractivity contribution is 5.68. The van der Waals surface area contributed by atoms with Crippen LogP contribution in [0.15, 0.2) is 24.1 Å². The number of benzene rings is 1. The second kappa shape index (κ2) is 7.68. The minimum Gasteiger partial charge on any atom is -0.504 e. The standard InChI is InChI=1S/C15H16F3N3O3/c1-15(2,3)24-14(23)21-12(13(22)7-20-19)5-8-4-10(17)11(18)6-9(8)16/h4,6-7,12H,5H2,1-3H3,(H-,21,22,23)/p+1/b13-7-/t12-/m1/s1. The highest BCUT2D eigenvalue weighted by atomic mass is 19.2. The van der Waals surface area contributed by atoms with Crippen molar-refractivity contribution in [3.63, 3.8) is 0 Å². The van der Waals surface area contributed by atoms with Gasteiger partial charge in [0, 0.05) is 12.5 Å². The van der Waals surface area contributed by atoms with Crippen molar-refractivity contribution in [2.24, 2.45) is 0 Å². The fourth-order valence-electron chi connectivity index (χ4n) is 1.77. The zero-order chi connectivity index (χ0) is 18.5. The van der Waals surface area contributed by atoms with E-state index in [2.05, 4.69) is 10.3 Å². The summed E-state index contributed by atoms with van der Waals surface area (Å²) in [6.45, 7) is 4.82. The molecule has 1 rings (SSSR count). The molecular formula is C15H17F3N3O3+. The number of nitrogens with one attached hydrogen (secondary N) is 1. The molecule has 0 aromatic heterocycles. The van der Waals surface area contributed by atoms with E-state index in [0.29, 0.717) is 18.3 Å². The number of ether oxygens (including phenoxy) is 1. The predicted octanol–water partition coefficient (Wildman–Crippen LogP) is 3.79. The fourth-order valence-corrected chi connectivity index (χ4v) is 1.77. The molecule has 0 spiro atoms. The van der Waals surface area contributed by atoms with Gasteiger partial charge in [-0.05, 0) is 32.4 Å². The van der Waals surface area contributed by atoms with E-state index in [1.54, 1.807) is 20.8 Å². The van der Waals surface area contributed by atoms with Gasteiger partial charge in [0.15, 0.2) is 16.6 Å². The molecule has 0 heterocycles. The molecule has 0 aliphatic carbocycles. The summed E-state index contributed by atoms with van der Waals surface area (Å²) < 4.78 is 44.9. The number of alkyl carbamates (subject to hydrolysis) is 1. The number of hydrogen-bond acceptors (Lipinski definition) is 4. The smallest absolute Gasteiger partial charge is 0.408 e. The van der Waals surface area contributed by atoms with Crippen LogP contribution in [0.25, 0.3) is 4.98 Å². The van der Waals surface area contributed by atoms with Crippen molar-refractivity contribution in [2.75, 3.05) is 0 Å². The third kappa shape index (κ3) is 5.79. The second-order valence-corrected chi connectivity index (χ2v) is 5.93. The molecule has 24 heavy (non-hydrogen) atoms. The number of carbonyl (C=O) groups excluding carboxylic acids is 1. The summed E-state index contributed by atoms with van der Waals surface area (Å²) in [5.41, 5.74) is -1.13. The Morgan fingerprint density at radius 3 is 2.46 bits per heavy atom. The minimum atomic E-state index is -1.36. The molecule has 0 bridgehead atoms. The Labute approximate surface area is 136 Å². The molecule has 130 valence electrons. The Morgan fingerprint density at radius 1 is 1.33 bits per heavy atom. The van der Waals surface area contributed by atoms with Gasteiger partial charge >= 0.3 is 12.3 Å². The van der Waals surface area contributed by atoms with Gasteiger partial charge in [0.2, 0.25) is 11.2 Å². The van der Waals surface area contributed by atoms with Gasteiger partial charge in [0.25, 0.3) is 0 Å². The number of aliphatic hydroxyl groups is 1. The maximum atomic E-state index is 13.7. The summed E-state index contributed by atoms with van der Waals surface area (Å²) in [4.78, 5) is 14.4. The maximum Gasteiger partial charge on any atom is 0.408 e. The zero-order valence-corrected chi connectivity index (χ0v) is 13.3. The van der Waals surface area contributed by atoms with Gasteiger partial charge in [-0.2, -0.15) is 0 Å². The number of halogens is 3. The lowest BCUT2D eigenvalue weighted by Gasteiger charge is -2.22. The van der Waals surface area contributed by atoms with Crippen LogP contribution in [0.3, 0.4) is 0 Å². The van der Waals surface area contributed by atoms with Crippen molar-refractivity contribution in [3.8, 4) is 0 Å². The molecule has 1 aromatic carbocycles. The van der Waals surface area contributed by atoms with Crippen LogP contribution in [0.4, 0.5) is 18.0 Å². The summed E-state index contributed by atoms with van der Waals surface area (Å²) in [7, 11) is 0. The largest absolute Gasteiger partial charge is 0.504 e. The summed E-state index contributed by atoms with van der Waals surface area (Å²) >= 11 is 0. The summed E-state index contributed by atoms with van der Waals surface area (Å²) in [5.74, 6) is -4.33. The van der Waals surface area contributed by atoms with Crippen molar-refractivity contribution in [1.29, 1.82) is 5.39 Å². The Balaban J connectivity index is 3.04. The van der Waals surface area contributed by atoms with Gasteiger partial charge < -0.3 is 15.2 Å². The third-order valence-corrected chi connectivity index (χ3v) is 2.75. The van der Waals surface area contributed by atoms with Crippen LogP contribution in [0.2, 0.25) is 0 Å². The van der Waals surface area contributed by atoms with E-state index >= 15 is 0 Å². The molecule has 0 aliphatic heterocycles. The SMILES string of the molecule is CC(C)(C)OC(=O)N[C@H](Cc1cc(F)c(F)cc1F)/C(O)=C/[N+]#N. The van der Waals surface area contributed by atoms with Gasteiger partial charge in [-0.15, -0.1) is 0 Å². The summed E-state index contributed by atoms with van der Waals surface area (Å²) in [5, 5.41) is 20.5. The topological polar surface area (TPSA) is 86.7 Å². The molecule has 0 aliphatic rings. The number of hydrogen-bond donors (Lipinski definition) is 2. The lowest BCUT2D eigenvalue weighted by atomic mass is 10.0. The second-order valence-electron chi connectivity index (χ2n) is 5.93. The molecule has 0 radical (unpaired) electrons. The molecule has 0 fully saturated rings. The van der Waals surface area contributed by atoms with Crippen molar-refractivity contribution in [2.45, 2.75) is 38.8 Å². The Hall–Kier alpha value is -2.76. The Kier molecular flexibility index (Phi) is 6.17. The first-order chi connectivity index (χ1) is 11.0. The number of diazo groups is 1. The zero-order valence-electron chi connectivity index (χ0n) is 13.3. The minimum absolute atomic E-state index is 0.298. The highest BCUT2D eigenvalue weighted by Gasteiger charge is 2.25. The van der Waals surface area contributed by atoms with E-state index in [1.807, 2.05) is 0 Å². The van der Waals surface area contributed by atoms with E-state index in [-0.39, 0.29) is 5.56 Å². The van der Waals surface area contributed by atoms with Crippen LogP contribution < -0.4 is 5.32 Å². The molecule has 6 nitrogen and oxygen atoms in total. The van der Waals surface area contributed by atoms with Gasteiger partial charge in [-0.3, -0.25) is 0 Å². The van der Waals surface area contributed by atoms with Crippen LogP contribution in [0.1, 0.15) is 26.3 Å². The van der Waals surface area contributed by atoms with E-state index in [9.17, 15) is 23.1 Å². The van der Waals surface area contributed by atoms with E-state index in [1.165, 1.54) is 0 Å². The highest BCUT2D eigenvalue weighted by Crippen LogP contribution is 2.18. The number of carbonyl (C=O) groups is 1. The number of amides is 1. The molecule has 1 aromatic rings. The molecule has 1 atom stereocenters. The molecule has 2 N–H and O–H groups in total. The first-order valence-corrected chi connectivity index (χ1v) is 6.89. The fraction of sp³-hybridized carbons (Fsp3) is 0.400. The molecule has 9 heteroatoms. The summed E-state index contributed by atoms with van der Waals surface area (Å²) in [6, 6.07) is -0.320. The molecule has 0 unspecified atom stereocenters. The number of rotatable bonds is 4. The first kappa shape index (κ1) is 19.3. The van der Waals surface area contributed by atoms with Crippen molar-refractivity contribution < 1.29 is 27.8 Å². The molecule has 0 saturated heterocycles. The van der Waals surface area contributed by atoms with E-state index in [4.69, 9.17) is 10.1 Å². The van der Waals surface area contributed by atoms with Crippen LogP contribution >= 0.6 is 0 Å². The number of nitrogens with zero attached hydrogens (tertiary/aromatic N) is 2. The van der Waals surface area contributed by atoms with Crippen LogP contribution in [-0.2, 0) is 11.2 Å². The van der Waals surface area contributed by atoms with Crippen LogP contribution in [0, 0.1) is 22.8 Å². The summed E-state index contributed by atoms with van der Waals surface area (Å²) in [6.07, 6.45) is -0.756. The Morgan fingerprint density at radius 2 is 1.92 bits per heavy atom. The monoisotopic (exact) mass is 344 g/mol. The Bertz CT molecular complexity index is 694. The first-order valence-electron chi connectivity index (χ1n) is 6.89. The lowest BCUT2D eigenvalue weighted by Crippen LogP contribution is -2.41. The van der Waals surface area contributed by atoms with Crippen molar-refractivity contribution in [1.82, 2.24) is 5.32 Å².